The molecule has 0 aliphatic rings. The summed E-state index contributed by atoms with van der Waals surface area (Å²) in [5.74, 6) is -1.65. The number of hydrogen-bond acceptors (Lipinski definition) is 5. The van der Waals surface area contributed by atoms with Crippen molar-refractivity contribution in [1.82, 2.24) is 5.32 Å². The minimum absolute atomic E-state index is 0.0814. The van der Waals surface area contributed by atoms with Gasteiger partial charge in [0.15, 0.2) is 0 Å². The molecule has 0 saturated carbocycles. The topological polar surface area (TPSA) is 64.6 Å². The Balaban J connectivity index is 2.20. The molecule has 0 aliphatic carbocycles. The van der Waals surface area contributed by atoms with Crippen LogP contribution in [0.15, 0.2) is 91.0 Å². The summed E-state index contributed by atoms with van der Waals surface area (Å²) < 4.78 is 25.0. The number of carbonyl (C=O) groups excluding carboxylic acids is 2. The summed E-state index contributed by atoms with van der Waals surface area (Å²) in [6, 6.07) is 28.8. The fraction of sp³-hybridized carbons (Fsp3) is 0.429. The van der Waals surface area contributed by atoms with Crippen molar-refractivity contribution < 1.29 is 23.5 Å². The molecule has 0 fully saturated rings. The molecule has 5 nitrogen and oxygen atoms in total. The van der Waals surface area contributed by atoms with Crippen molar-refractivity contribution in [3.63, 3.8) is 0 Å². The highest BCUT2D eigenvalue weighted by atomic mass is 19.1. The SMILES string of the molecule is CC(C)(C)OC(=O)C(CCC[19F])CC(NC(c1ccccc1)(c1ccccc1)c1ccccc1)C(=O)OC(C)(C)C. The maximum Gasteiger partial charge on any atom is 0.323 e. The maximum absolute atomic E-state index is 13.9. The third kappa shape index (κ3) is 8.99. The van der Waals surface area contributed by atoms with Gasteiger partial charge in [0.2, 0.25) is 0 Å². The van der Waals surface area contributed by atoms with E-state index in [0.29, 0.717) is 0 Å². The van der Waals surface area contributed by atoms with Crippen LogP contribution in [0.4, 0.5) is 4.39 Å². The highest BCUT2D eigenvalue weighted by Gasteiger charge is 2.42. The molecule has 3 rings (SSSR count). The second-order valence-electron chi connectivity index (χ2n) is 12.4. The van der Waals surface area contributed by atoms with Gasteiger partial charge in [-0.2, -0.15) is 0 Å². The summed E-state index contributed by atoms with van der Waals surface area (Å²) in [4.78, 5) is 27.3. The maximum atomic E-state index is 13.9. The number of hydrogen-bond donors (Lipinski definition) is 1. The number of rotatable bonds is 12. The van der Waals surface area contributed by atoms with Crippen molar-refractivity contribution in [2.75, 3.05) is 6.67 Å². The Hall–Kier alpha value is -3.51. The molecule has 0 aliphatic heterocycles. The van der Waals surface area contributed by atoms with E-state index >= 15 is 0 Å². The monoisotopic (exact) mass is 561 g/mol. The molecule has 1 N–H and O–H groups in total. The molecular formula is C35H44FNO4. The van der Waals surface area contributed by atoms with Crippen LogP contribution in [0.5, 0.6) is 0 Å². The summed E-state index contributed by atoms with van der Waals surface area (Å²) in [5, 5.41) is 3.69. The average molecular weight is 562 g/mol. The van der Waals surface area contributed by atoms with Gasteiger partial charge in [0, 0.05) is 0 Å². The molecule has 0 heterocycles. The van der Waals surface area contributed by atoms with Crippen molar-refractivity contribution in [3.05, 3.63) is 108 Å². The third-order valence-corrected chi connectivity index (χ3v) is 6.65. The smallest absolute Gasteiger partial charge is 0.323 e. The van der Waals surface area contributed by atoms with E-state index in [0.717, 1.165) is 16.7 Å². The van der Waals surface area contributed by atoms with Crippen LogP contribution >= 0.6 is 0 Å². The molecule has 2 atom stereocenters. The minimum atomic E-state index is -0.968. The third-order valence-electron chi connectivity index (χ3n) is 6.65. The van der Waals surface area contributed by atoms with Crippen molar-refractivity contribution in [3.8, 4) is 0 Å². The second kappa shape index (κ2) is 13.9. The summed E-state index contributed by atoms with van der Waals surface area (Å²) in [7, 11) is 0. The fourth-order valence-electron chi connectivity index (χ4n) is 4.99. The molecule has 0 aromatic heterocycles. The van der Waals surface area contributed by atoms with Gasteiger partial charge in [0.1, 0.15) is 17.2 Å². The van der Waals surface area contributed by atoms with Gasteiger partial charge in [-0.3, -0.25) is 19.3 Å². The highest BCUT2D eigenvalue weighted by Crippen LogP contribution is 2.38. The first kappa shape index (κ1) is 32.0. The van der Waals surface area contributed by atoms with Crippen LogP contribution in [-0.2, 0) is 24.6 Å². The Morgan fingerprint density at radius 1 is 0.683 bits per heavy atom. The first-order valence-electron chi connectivity index (χ1n) is 14.3. The number of benzene rings is 3. The predicted octanol–water partition coefficient (Wildman–Crippen LogP) is 7.38. The van der Waals surface area contributed by atoms with E-state index in [1.807, 2.05) is 112 Å². The van der Waals surface area contributed by atoms with Crippen LogP contribution in [0.2, 0.25) is 0 Å². The molecule has 3 aromatic carbocycles. The second-order valence-corrected chi connectivity index (χ2v) is 12.4. The number of alkyl halides is 1. The summed E-state index contributed by atoms with van der Waals surface area (Å²) in [6.07, 6.45) is 0.519. The number of ether oxygens (including phenoxy) is 2. The normalized spacial score (nSPS) is 13.7. The Morgan fingerprint density at radius 2 is 1.07 bits per heavy atom. The highest BCUT2D eigenvalue weighted by molar-refractivity contribution is 5.79. The van der Waals surface area contributed by atoms with Crippen molar-refractivity contribution in [2.24, 2.45) is 5.92 Å². The average Bonchev–Trinajstić information content (AvgIpc) is 2.92. The standard InChI is InChI=1S/C35H44FNO4/c1-33(2,3)40-31(38)26(17-16-24-36)25-30(32(39)41-34(4,5)6)37-35(27-18-10-7-11-19-27,28-20-12-8-13-21-28)29-22-14-9-15-23-29/h7-15,18-23,26,30,37H,16-17,24-25H2,1-6H3/i36+0. The lowest BCUT2D eigenvalue weighted by Gasteiger charge is -2.40. The van der Waals surface area contributed by atoms with Crippen LogP contribution in [-0.4, -0.2) is 35.9 Å². The summed E-state index contributed by atoms with van der Waals surface area (Å²) >= 11 is 0. The van der Waals surface area contributed by atoms with Gasteiger partial charge in [0.05, 0.1) is 18.1 Å². The lowest BCUT2D eigenvalue weighted by Crippen LogP contribution is -2.54. The lowest BCUT2D eigenvalue weighted by atomic mass is 9.76. The zero-order chi connectivity index (χ0) is 30.1. The quantitative estimate of drug-likeness (QED) is 0.185. The number of carbonyl (C=O) groups is 2. The molecule has 220 valence electrons. The van der Waals surface area contributed by atoms with Crippen molar-refractivity contribution >= 4 is 11.9 Å². The van der Waals surface area contributed by atoms with Gasteiger partial charge in [-0.1, -0.05) is 91.0 Å². The lowest BCUT2D eigenvalue weighted by molar-refractivity contribution is -0.163. The van der Waals surface area contributed by atoms with Gasteiger partial charge in [-0.05, 0) is 77.5 Å². The van der Waals surface area contributed by atoms with E-state index in [9.17, 15) is 14.0 Å². The van der Waals surface area contributed by atoms with Crippen LogP contribution in [0.25, 0.3) is 0 Å². The molecule has 6 heteroatoms. The van der Waals surface area contributed by atoms with Crippen molar-refractivity contribution in [1.29, 1.82) is 0 Å². The van der Waals surface area contributed by atoms with Crippen LogP contribution in [0.3, 0.4) is 0 Å². The molecule has 0 radical (unpaired) electrons. The largest absolute Gasteiger partial charge is 0.460 e. The van der Waals surface area contributed by atoms with E-state index in [1.165, 1.54) is 0 Å². The van der Waals surface area contributed by atoms with Gasteiger partial charge < -0.3 is 9.47 Å². The first-order valence-corrected chi connectivity index (χ1v) is 14.3. The van der Waals surface area contributed by atoms with Gasteiger partial charge in [-0.25, -0.2) is 0 Å². The molecule has 41 heavy (non-hydrogen) atoms. The van der Waals surface area contributed by atoms with E-state index < -0.39 is 47.3 Å². The Labute approximate surface area is 244 Å². The molecule has 0 amide bonds. The zero-order valence-corrected chi connectivity index (χ0v) is 25.2. The molecule has 2 unspecified atom stereocenters. The van der Waals surface area contributed by atoms with Gasteiger partial charge >= 0.3 is 11.9 Å². The minimum Gasteiger partial charge on any atom is -0.460 e. The van der Waals surface area contributed by atoms with Gasteiger partial charge in [0.25, 0.3) is 0 Å². The summed E-state index contributed by atoms with van der Waals surface area (Å²) in [5.41, 5.74) is 0.313. The molecule has 0 saturated heterocycles. The van der Waals surface area contributed by atoms with Crippen LogP contribution in [0.1, 0.15) is 77.5 Å². The Bertz CT molecular complexity index is 1140. The van der Waals surface area contributed by atoms with E-state index in [-0.39, 0.29) is 19.3 Å². The Kier molecular flexibility index (Phi) is 10.9. The van der Waals surface area contributed by atoms with E-state index in [2.05, 4.69) is 5.32 Å². The van der Waals surface area contributed by atoms with Crippen molar-refractivity contribution in [2.45, 2.75) is 83.6 Å². The van der Waals surface area contributed by atoms with E-state index in [1.54, 1.807) is 20.8 Å². The van der Waals surface area contributed by atoms with Crippen LogP contribution < -0.4 is 5.32 Å². The van der Waals surface area contributed by atoms with Gasteiger partial charge in [-0.15, -0.1) is 0 Å². The molecule has 0 bridgehead atoms. The zero-order valence-electron chi connectivity index (χ0n) is 25.2. The molecule has 3 aromatic rings. The molecule has 0 spiro atoms. The first-order chi connectivity index (χ1) is 19.4. The summed E-state index contributed by atoms with van der Waals surface area (Å²) in [6.45, 7) is 10.3. The number of nitrogens with one attached hydrogen (secondary N) is 1. The number of halogens is 1. The Morgan fingerprint density at radius 3 is 1.44 bits per heavy atom. The predicted molar refractivity (Wildman–Crippen MR) is 161 cm³/mol. The fourth-order valence-corrected chi connectivity index (χ4v) is 4.99. The molecular weight excluding hydrogens is 517 g/mol. The van der Waals surface area contributed by atoms with E-state index in [4.69, 9.17) is 9.47 Å². The van der Waals surface area contributed by atoms with Crippen LogP contribution in [0, 0.1) is 5.92 Å². The number of esters is 2.